The van der Waals surface area contributed by atoms with E-state index in [9.17, 15) is 0 Å². The molecule has 0 atom stereocenters. The van der Waals surface area contributed by atoms with E-state index >= 15 is 0 Å². The molecule has 0 radical (unpaired) electrons. The quantitative estimate of drug-likeness (QED) is 0.805. The molecule has 114 valence electrons. The summed E-state index contributed by atoms with van der Waals surface area (Å²) in [5.41, 5.74) is 0.955. The third kappa shape index (κ3) is 4.08. The maximum atomic E-state index is 5.69. The topological polar surface area (TPSA) is 51.0 Å². The second-order valence-electron chi connectivity index (χ2n) is 5.06. The third-order valence-corrected chi connectivity index (χ3v) is 5.52. The minimum absolute atomic E-state index is 0.294. The molecule has 2 rings (SSSR count). The maximum Gasteiger partial charge on any atom is 0.247 e. The van der Waals surface area contributed by atoms with E-state index in [1.54, 1.807) is 0 Å². The van der Waals surface area contributed by atoms with Crippen LogP contribution in [0, 0.1) is 0 Å². The molecule has 0 amide bonds. The number of aromatic nitrogens is 2. The molecule has 0 aliphatic rings. The lowest BCUT2D eigenvalue weighted by Crippen LogP contribution is -2.36. The average molecular weight is 305 g/mol. The fraction of sp³-hybridized carbons (Fsp3) is 0.500. The monoisotopic (exact) mass is 305 g/mol. The lowest BCUT2D eigenvalue weighted by Gasteiger charge is -2.29. The number of benzene rings is 1. The largest absolute Gasteiger partial charge is 0.419 e. The molecular weight excluding hydrogens is 282 g/mol. The van der Waals surface area contributed by atoms with Gasteiger partial charge < -0.3 is 9.73 Å². The fourth-order valence-electron chi connectivity index (χ4n) is 2.28. The van der Waals surface area contributed by atoms with E-state index in [2.05, 4.69) is 35.6 Å². The molecule has 0 aliphatic carbocycles. The first kappa shape index (κ1) is 16.0. The van der Waals surface area contributed by atoms with Crippen molar-refractivity contribution in [3.63, 3.8) is 0 Å². The van der Waals surface area contributed by atoms with Crippen LogP contribution in [0.1, 0.15) is 32.6 Å². The molecule has 0 aliphatic heterocycles. The van der Waals surface area contributed by atoms with Gasteiger partial charge in [0.1, 0.15) is 0 Å². The summed E-state index contributed by atoms with van der Waals surface area (Å²) in [5.74, 6) is 1.21. The van der Waals surface area contributed by atoms with Crippen LogP contribution in [0.25, 0.3) is 11.5 Å². The molecule has 0 unspecified atom stereocenters. The van der Waals surface area contributed by atoms with Crippen molar-refractivity contribution < 1.29 is 4.42 Å². The van der Waals surface area contributed by atoms with Gasteiger partial charge in [-0.15, -0.1) is 10.2 Å². The Kier molecular flexibility index (Phi) is 5.82. The van der Waals surface area contributed by atoms with Crippen molar-refractivity contribution in [2.45, 2.75) is 38.0 Å². The summed E-state index contributed by atoms with van der Waals surface area (Å²) in [6.07, 6.45) is 4.47. The van der Waals surface area contributed by atoms with Gasteiger partial charge in [0, 0.05) is 16.9 Å². The van der Waals surface area contributed by atoms with E-state index < -0.39 is 0 Å². The predicted molar refractivity (Wildman–Crippen MR) is 88.3 cm³/mol. The zero-order valence-corrected chi connectivity index (χ0v) is 13.7. The van der Waals surface area contributed by atoms with Gasteiger partial charge in [0.25, 0.3) is 0 Å². The normalized spacial score (nSPS) is 11.8. The van der Waals surface area contributed by atoms with Crippen LogP contribution < -0.4 is 5.32 Å². The second-order valence-corrected chi connectivity index (χ2v) is 6.34. The second kappa shape index (κ2) is 7.61. The number of nitrogens with zero attached hydrogens (tertiary/aromatic N) is 2. The number of nitrogens with one attached hydrogen (secondary N) is 1. The highest BCUT2D eigenvalue weighted by atomic mass is 32.2. The van der Waals surface area contributed by atoms with Crippen LogP contribution in [0.5, 0.6) is 0 Å². The molecule has 2 aromatic rings. The highest BCUT2D eigenvalue weighted by molar-refractivity contribution is 8.00. The standard InChI is InChI=1S/C16H23N3OS/c1-4-16(5-2,21-3)12-17-11-14-18-19-15(20-14)13-9-7-6-8-10-13/h6-10,17H,4-5,11-12H2,1-3H3. The SMILES string of the molecule is CCC(CC)(CNCc1nnc(-c2ccccc2)o1)SC. The van der Waals surface area contributed by atoms with Crippen LogP contribution in [0.2, 0.25) is 0 Å². The molecule has 4 nitrogen and oxygen atoms in total. The van der Waals surface area contributed by atoms with E-state index in [1.165, 1.54) is 0 Å². The molecule has 0 saturated carbocycles. The number of hydrogen-bond donors (Lipinski definition) is 1. The molecule has 0 spiro atoms. The predicted octanol–water partition coefficient (Wildman–Crippen LogP) is 3.75. The molecule has 1 aromatic carbocycles. The van der Waals surface area contributed by atoms with Crippen LogP contribution in [-0.4, -0.2) is 27.7 Å². The summed E-state index contributed by atoms with van der Waals surface area (Å²) < 4.78 is 5.99. The summed E-state index contributed by atoms with van der Waals surface area (Å²) in [4.78, 5) is 0. The summed E-state index contributed by atoms with van der Waals surface area (Å²) in [7, 11) is 0. The lowest BCUT2D eigenvalue weighted by molar-refractivity contribution is 0.443. The number of thioether (sulfide) groups is 1. The highest BCUT2D eigenvalue weighted by Crippen LogP contribution is 2.29. The Morgan fingerprint density at radius 3 is 2.48 bits per heavy atom. The molecular formula is C16H23N3OS. The van der Waals surface area contributed by atoms with E-state index in [0.29, 0.717) is 23.1 Å². The van der Waals surface area contributed by atoms with Gasteiger partial charge in [0.05, 0.1) is 6.54 Å². The Bertz CT molecular complexity index is 529. The van der Waals surface area contributed by atoms with E-state index in [4.69, 9.17) is 4.42 Å². The van der Waals surface area contributed by atoms with Gasteiger partial charge in [-0.2, -0.15) is 11.8 Å². The molecule has 5 heteroatoms. The van der Waals surface area contributed by atoms with Gasteiger partial charge in [0.15, 0.2) is 0 Å². The Balaban J connectivity index is 1.92. The van der Waals surface area contributed by atoms with E-state index in [-0.39, 0.29) is 0 Å². The van der Waals surface area contributed by atoms with Crippen molar-refractivity contribution in [1.29, 1.82) is 0 Å². The van der Waals surface area contributed by atoms with Crippen molar-refractivity contribution >= 4 is 11.8 Å². The minimum atomic E-state index is 0.294. The molecule has 0 fully saturated rings. The van der Waals surface area contributed by atoms with Crippen molar-refractivity contribution in [1.82, 2.24) is 15.5 Å². The first-order valence-corrected chi connectivity index (χ1v) is 8.59. The smallest absolute Gasteiger partial charge is 0.247 e. The zero-order chi connectivity index (χ0) is 15.1. The van der Waals surface area contributed by atoms with Gasteiger partial charge in [-0.05, 0) is 31.2 Å². The molecule has 21 heavy (non-hydrogen) atoms. The third-order valence-electron chi connectivity index (χ3n) is 3.93. The minimum Gasteiger partial charge on any atom is -0.419 e. The Morgan fingerprint density at radius 2 is 1.86 bits per heavy atom. The average Bonchev–Trinajstić information content (AvgIpc) is 3.02. The van der Waals surface area contributed by atoms with Gasteiger partial charge in [-0.1, -0.05) is 32.0 Å². The van der Waals surface area contributed by atoms with Gasteiger partial charge >= 0.3 is 0 Å². The molecule has 0 bridgehead atoms. The van der Waals surface area contributed by atoms with Crippen LogP contribution in [-0.2, 0) is 6.54 Å². The summed E-state index contributed by atoms with van der Waals surface area (Å²) in [6, 6.07) is 9.84. The van der Waals surface area contributed by atoms with Crippen molar-refractivity contribution in [2.75, 3.05) is 12.8 Å². The molecule has 1 aromatic heterocycles. The highest BCUT2D eigenvalue weighted by Gasteiger charge is 2.24. The number of hydrogen-bond acceptors (Lipinski definition) is 5. The fourth-order valence-corrected chi connectivity index (χ4v) is 3.10. The zero-order valence-electron chi connectivity index (χ0n) is 12.9. The van der Waals surface area contributed by atoms with Crippen molar-refractivity contribution in [2.24, 2.45) is 0 Å². The van der Waals surface area contributed by atoms with E-state index in [1.807, 2.05) is 42.1 Å². The van der Waals surface area contributed by atoms with Gasteiger partial charge in [0.2, 0.25) is 11.8 Å². The summed E-state index contributed by atoms with van der Waals surface area (Å²) in [5, 5.41) is 11.6. The summed E-state index contributed by atoms with van der Waals surface area (Å²) >= 11 is 1.93. The number of rotatable bonds is 8. The van der Waals surface area contributed by atoms with Gasteiger partial charge in [-0.25, -0.2) is 0 Å². The Morgan fingerprint density at radius 1 is 1.14 bits per heavy atom. The maximum absolute atomic E-state index is 5.69. The van der Waals surface area contributed by atoms with Crippen LogP contribution in [0.4, 0.5) is 0 Å². The lowest BCUT2D eigenvalue weighted by atomic mass is 10.0. The first-order chi connectivity index (χ1) is 10.2. The van der Waals surface area contributed by atoms with E-state index in [0.717, 1.165) is 24.9 Å². The Labute approximate surface area is 130 Å². The molecule has 0 saturated heterocycles. The molecule has 1 N–H and O–H groups in total. The summed E-state index contributed by atoms with van der Waals surface area (Å²) in [6.45, 7) is 6.04. The first-order valence-electron chi connectivity index (χ1n) is 7.36. The van der Waals surface area contributed by atoms with Crippen LogP contribution >= 0.6 is 11.8 Å². The Hall–Kier alpha value is -1.33. The van der Waals surface area contributed by atoms with Crippen molar-refractivity contribution in [3.05, 3.63) is 36.2 Å². The molecule has 1 heterocycles. The van der Waals surface area contributed by atoms with Gasteiger partial charge in [-0.3, -0.25) is 0 Å². The van der Waals surface area contributed by atoms with Crippen molar-refractivity contribution in [3.8, 4) is 11.5 Å². The van der Waals surface area contributed by atoms with Crippen LogP contribution in [0.15, 0.2) is 34.7 Å². The van der Waals surface area contributed by atoms with Crippen LogP contribution in [0.3, 0.4) is 0 Å².